The third kappa shape index (κ3) is 1.54. The van der Waals surface area contributed by atoms with Crippen molar-refractivity contribution in [2.75, 3.05) is 20.1 Å². The van der Waals surface area contributed by atoms with E-state index in [0.29, 0.717) is 24.9 Å². The van der Waals surface area contributed by atoms with E-state index in [4.69, 9.17) is 0 Å². The van der Waals surface area contributed by atoms with Gasteiger partial charge in [0.1, 0.15) is 6.17 Å². The molecule has 2 heterocycles. The molecule has 0 aromatic heterocycles. The Balaban J connectivity index is 2.00. The van der Waals surface area contributed by atoms with Crippen LogP contribution in [0, 0.1) is 0 Å². The Morgan fingerprint density at radius 3 is 2.36 bits per heavy atom. The highest BCUT2D eigenvalue weighted by molar-refractivity contribution is 4.92. The minimum absolute atomic E-state index is 0.405. The van der Waals surface area contributed by atoms with E-state index in [1.165, 1.54) is 0 Å². The predicted octanol–water partition coefficient (Wildman–Crippen LogP) is 0.390. The van der Waals surface area contributed by atoms with Crippen molar-refractivity contribution in [2.24, 2.45) is 0 Å². The van der Waals surface area contributed by atoms with Crippen LogP contribution < -0.4 is 5.32 Å². The molecule has 2 saturated heterocycles. The van der Waals surface area contributed by atoms with Crippen LogP contribution in [0.25, 0.3) is 0 Å². The molecule has 2 fully saturated rings. The quantitative estimate of drug-likeness (QED) is 0.548. The number of alkyl halides is 1. The first-order chi connectivity index (χ1) is 5.24. The van der Waals surface area contributed by atoms with Crippen LogP contribution in [-0.4, -0.2) is 43.3 Å². The molecule has 0 spiro atoms. The smallest absolute Gasteiger partial charge is 0.103 e. The lowest BCUT2D eigenvalue weighted by molar-refractivity contribution is 0.0966. The minimum Gasteiger partial charge on any atom is -0.308 e. The third-order valence-corrected chi connectivity index (χ3v) is 2.62. The Hall–Kier alpha value is -0.150. The van der Waals surface area contributed by atoms with E-state index in [9.17, 15) is 4.39 Å². The fraction of sp³-hybridized carbons (Fsp3) is 1.00. The molecule has 3 heteroatoms. The van der Waals surface area contributed by atoms with Crippen molar-refractivity contribution >= 4 is 0 Å². The fourth-order valence-corrected chi connectivity index (χ4v) is 2.26. The first-order valence-electron chi connectivity index (χ1n) is 4.32. The molecule has 0 aliphatic carbocycles. The molecule has 0 saturated carbocycles. The van der Waals surface area contributed by atoms with Crippen molar-refractivity contribution in [1.29, 1.82) is 0 Å². The van der Waals surface area contributed by atoms with Crippen LogP contribution in [0.15, 0.2) is 0 Å². The molecule has 0 radical (unpaired) electrons. The van der Waals surface area contributed by atoms with Gasteiger partial charge in [0.25, 0.3) is 0 Å². The zero-order chi connectivity index (χ0) is 7.84. The Bertz CT molecular complexity index is 118. The number of nitrogens with zero attached hydrogens (tertiary/aromatic N) is 1. The van der Waals surface area contributed by atoms with E-state index in [0.717, 1.165) is 13.1 Å². The monoisotopic (exact) mass is 158 g/mol. The number of piperidine rings is 1. The fourth-order valence-electron chi connectivity index (χ4n) is 2.26. The topological polar surface area (TPSA) is 15.3 Å². The van der Waals surface area contributed by atoms with Crippen LogP contribution in [0.1, 0.15) is 12.8 Å². The normalized spacial score (nSPS) is 45.8. The van der Waals surface area contributed by atoms with Crippen LogP contribution in [0.2, 0.25) is 0 Å². The van der Waals surface area contributed by atoms with Crippen LogP contribution >= 0.6 is 0 Å². The number of halogens is 1. The van der Waals surface area contributed by atoms with E-state index in [2.05, 4.69) is 17.3 Å². The summed E-state index contributed by atoms with van der Waals surface area (Å²) < 4.78 is 13.0. The van der Waals surface area contributed by atoms with Crippen LogP contribution in [0.3, 0.4) is 0 Å². The van der Waals surface area contributed by atoms with Gasteiger partial charge in [-0.2, -0.15) is 0 Å². The molecule has 2 aliphatic heterocycles. The summed E-state index contributed by atoms with van der Waals surface area (Å²) in [4.78, 5) is 2.29. The molecular formula is C8H15FN2. The van der Waals surface area contributed by atoms with Gasteiger partial charge in [0.2, 0.25) is 0 Å². The van der Waals surface area contributed by atoms with Crippen molar-refractivity contribution in [3.8, 4) is 0 Å². The maximum Gasteiger partial charge on any atom is 0.103 e. The van der Waals surface area contributed by atoms with Gasteiger partial charge in [0.05, 0.1) is 0 Å². The Kier molecular flexibility index (Phi) is 1.85. The average Bonchev–Trinajstić information content (AvgIpc) is 1.82. The van der Waals surface area contributed by atoms with Crippen LogP contribution in [0.5, 0.6) is 0 Å². The number of rotatable bonds is 0. The lowest BCUT2D eigenvalue weighted by Gasteiger charge is -2.42. The zero-order valence-corrected chi connectivity index (χ0v) is 6.89. The van der Waals surface area contributed by atoms with Crippen LogP contribution in [-0.2, 0) is 0 Å². The number of nitrogens with one attached hydrogen (secondary N) is 1. The molecule has 0 amide bonds. The van der Waals surface area contributed by atoms with Gasteiger partial charge in [0.15, 0.2) is 0 Å². The summed E-state index contributed by atoms with van der Waals surface area (Å²) in [6, 6.07) is 0.810. The van der Waals surface area contributed by atoms with Gasteiger partial charge >= 0.3 is 0 Å². The van der Waals surface area contributed by atoms with E-state index in [1.54, 1.807) is 0 Å². The van der Waals surface area contributed by atoms with Crippen molar-refractivity contribution in [3.63, 3.8) is 0 Å². The Labute approximate surface area is 66.8 Å². The summed E-state index contributed by atoms with van der Waals surface area (Å²) in [7, 11) is 2.11. The highest BCUT2D eigenvalue weighted by atomic mass is 19.1. The van der Waals surface area contributed by atoms with Crippen molar-refractivity contribution < 1.29 is 4.39 Å². The molecule has 0 aromatic carbocycles. The van der Waals surface area contributed by atoms with Gasteiger partial charge in [0, 0.05) is 25.2 Å². The molecular weight excluding hydrogens is 143 g/mol. The van der Waals surface area contributed by atoms with Gasteiger partial charge in [-0.25, -0.2) is 4.39 Å². The standard InChI is InChI=1S/C8H15FN2/c1-11-4-7-2-6(9)3-8(5-11)10-7/h6-8,10H,2-5H2,1H3/t7-,8-/m0/s1. The maximum absolute atomic E-state index is 13.0. The van der Waals surface area contributed by atoms with Gasteiger partial charge in [-0.15, -0.1) is 0 Å². The average molecular weight is 158 g/mol. The molecule has 2 atom stereocenters. The summed E-state index contributed by atoms with van der Waals surface area (Å²) >= 11 is 0. The Morgan fingerprint density at radius 2 is 1.82 bits per heavy atom. The summed E-state index contributed by atoms with van der Waals surface area (Å²) in [5, 5.41) is 3.43. The number of fused-ring (bicyclic) bond motifs is 2. The predicted molar refractivity (Wildman–Crippen MR) is 42.3 cm³/mol. The Morgan fingerprint density at radius 1 is 1.27 bits per heavy atom. The third-order valence-electron chi connectivity index (χ3n) is 2.62. The molecule has 2 bridgehead atoms. The SMILES string of the molecule is CN1C[C@@H]2CC(F)C[C@@H](C1)N2. The van der Waals surface area contributed by atoms with Crippen molar-refractivity contribution in [3.05, 3.63) is 0 Å². The molecule has 2 aliphatic rings. The molecule has 11 heavy (non-hydrogen) atoms. The van der Waals surface area contributed by atoms with Gasteiger partial charge < -0.3 is 10.2 Å². The van der Waals surface area contributed by atoms with Gasteiger partial charge in [-0.3, -0.25) is 0 Å². The molecule has 0 aromatic rings. The van der Waals surface area contributed by atoms with E-state index < -0.39 is 6.17 Å². The second-order valence-corrected chi connectivity index (χ2v) is 3.85. The van der Waals surface area contributed by atoms with E-state index in [1.807, 2.05) is 0 Å². The minimum atomic E-state index is -0.556. The number of hydrogen-bond acceptors (Lipinski definition) is 2. The highest BCUT2D eigenvalue weighted by Crippen LogP contribution is 2.21. The second kappa shape index (κ2) is 2.72. The van der Waals surface area contributed by atoms with E-state index >= 15 is 0 Å². The largest absolute Gasteiger partial charge is 0.308 e. The summed E-state index contributed by atoms with van der Waals surface area (Å²) in [5.74, 6) is 0. The maximum atomic E-state index is 13.0. The lowest BCUT2D eigenvalue weighted by Crippen LogP contribution is -2.59. The number of likely N-dealkylation sites (tertiary alicyclic amines) is 1. The summed E-state index contributed by atoms with van der Waals surface area (Å²) in [6.45, 7) is 2.02. The second-order valence-electron chi connectivity index (χ2n) is 3.85. The van der Waals surface area contributed by atoms with Crippen LogP contribution in [0.4, 0.5) is 4.39 Å². The van der Waals surface area contributed by atoms with Gasteiger partial charge in [-0.1, -0.05) is 0 Å². The molecule has 2 rings (SSSR count). The molecule has 0 unspecified atom stereocenters. The molecule has 64 valence electrons. The van der Waals surface area contributed by atoms with Gasteiger partial charge in [-0.05, 0) is 19.9 Å². The lowest BCUT2D eigenvalue weighted by atomic mass is 9.93. The van der Waals surface area contributed by atoms with E-state index in [-0.39, 0.29) is 0 Å². The number of piperazine rings is 1. The first-order valence-corrected chi connectivity index (χ1v) is 4.32. The van der Waals surface area contributed by atoms with Crippen molar-refractivity contribution in [1.82, 2.24) is 10.2 Å². The molecule has 2 nitrogen and oxygen atoms in total. The highest BCUT2D eigenvalue weighted by Gasteiger charge is 2.32. The van der Waals surface area contributed by atoms with Crippen molar-refractivity contribution in [2.45, 2.75) is 31.1 Å². The zero-order valence-electron chi connectivity index (χ0n) is 6.89. The number of hydrogen-bond donors (Lipinski definition) is 1. The summed E-state index contributed by atoms with van der Waals surface area (Å²) in [6.07, 6.45) is 0.863. The summed E-state index contributed by atoms with van der Waals surface area (Å²) in [5.41, 5.74) is 0. The first kappa shape index (κ1) is 7.50. The number of likely N-dealkylation sites (N-methyl/N-ethyl adjacent to an activating group) is 1. The molecule has 1 N–H and O–H groups in total.